The molecule has 0 bridgehead atoms. The fourth-order valence-electron chi connectivity index (χ4n) is 5.77. The Morgan fingerprint density at radius 3 is 2.50 bits per heavy atom. The van der Waals surface area contributed by atoms with E-state index in [9.17, 15) is 9.59 Å². The summed E-state index contributed by atoms with van der Waals surface area (Å²) in [4.78, 5) is 42.6. The second-order valence-electron chi connectivity index (χ2n) is 11.6. The van der Waals surface area contributed by atoms with Gasteiger partial charge in [0.15, 0.2) is 0 Å². The Labute approximate surface area is 300 Å². The van der Waals surface area contributed by atoms with E-state index in [1.807, 2.05) is 79.0 Å². The number of amides is 2. The quantitative estimate of drug-likeness (QED) is 0.0586. The number of hydrogen-bond donors (Lipinski definition) is 7. The summed E-state index contributed by atoms with van der Waals surface area (Å²) in [5.74, 6) is 4.44. The summed E-state index contributed by atoms with van der Waals surface area (Å²) in [6.07, 6.45) is 3.81. The summed E-state index contributed by atoms with van der Waals surface area (Å²) >= 11 is 8.28. The van der Waals surface area contributed by atoms with Gasteiger partial charge in [-0.1, -0.05) is 78.0 Å². The van der Waals surface area contributed by atoms with Gasteiger partial charge in [0.1, 0.15) is 23.8 Å². The molecule has 12 nitrogen and oxygen atoms in total. The van der Waals surface area contributed by atoms with Crippen LogP contribution in [-0.2, 0) is 40.5 Å². The molecule has 2 amide bonds. The van der Waals surface area contributed by atoms with E-state index in [-0.39, 0.29) is 38.1 Å². The number of nitrogens with two attached hydrogens (primary N) is 4. The number of halogens is 1. The zero-order valence-electron chi connectivity index (χ0n) is 27.7. The summed E-state index contributed by atoms with van der Waals surface area (Å²) in [5, 5.41) is 8.18. The molecular formula is C36H42ClN9O3S. The topological polar surface area (TPSA) is 203 Å². The van der Waals surface area contributed by atoms with Crippen LogP contribution in [-0.4, -0.2) is 59.1 Å². The van der Waals surface area contributed by atoms with Crippen molar-refractivity contribution in [3.05, 3.63) is 112 Å². The molecule has 0 fully saturated rings. The maximum atomic E-state index is 14.3. The molecule has 0 aliphatic heterocycles. The third-order valence-corrected chi connectivity index (χ3v) is 10.2. The van der Waals surface area contributed by atoms with Crippen molar-refractivity contribution in [3.63, 3.8) is 0 Å². The number of carbonyl (C=O) groups excluding carboxylic acids is 2. The number of aromatic amines is 1. The molecule has 0 radical (unpaired) electrons. The monoisotopic (exact) mass is 715 g/mol. The highest BCUT2D eigenvalue weighted by molar-refractivity contribution is 7.99. The standard InChI is InChI=1S/C36H42ClN9O3S/c1-46(36(48)31(18-40)45-21-49-41)32(15-25-19-43-30-7-3-2-6-27(25)30)34(47)44-20-28-26(23-10-8-22(16-38)9-11-23)12-13-29(37)33(28)50-35-24(17-39)5-4-14-42-35/h2-14,19,31-32,43,45H,15-18,20-21,38-41H2,1H3,(H,44,47)/t31-,32-/m0/s1. The molecule has 2 heterocycles. The van der Waals surface area contributed by atoms with E-state index in [1.54, 1.807) is 13.2 Å². The summed E-state index contributed by atoms with van der Waals surface area (Å²) in [6.45, 7) is 0.698. The molecule has 0 unspecified atom stereocenters. The molecule has 0 aliphatic carbocycles. The number of H-pyrrole nitrogens is 1. The number of fused-ring (bicyclic) bond motifs is 1. The van der Waals surface area contributed by atoms with Crippen molar-refractivity contribution in [2.45, 2.75) is 48.1 Å². The van der Waals surface area contributed by atoms with Crippen molar-refractivity contribution < 1.29 is 14.4 Å². The van der Waals surface area contributed by atoms with E-state index in [2.05, 4.69) is 25.4 Å². The smallest absolute Gasteiger partial charge is 0.243 e. The third-order valence-electron chi connectivity index (χ3n) is 8.57. The first-order chi connectivity index (χ1) is 24.3. The second kappa shape index (κ2) is 17.6. The van der Waals surface area contributed by atoms with Crippen LogP contribution in [0.2, 0.25) is 5.02 Å². The fourth-order valence-corrected chi connectivity index (χ4v) is 7.12. The van der Waals surface area contributed by atoms with Gasteiger partial charge in [0.05, 0.1) is 5.02 Å². The van der Waals surface area contributed by atoms with Gasteiger partial charge in [-0.05, 0) is 51.6 Å². The summed E-state index contributed by atoms with van der Waals surface area (Å²) in [7, 11) is 1.59. The van der Waals surface area contributed by atoms with E-state index in [1.165, 1.54) is 16.7 Å². The number of pyridine rings is 1. The number of rotatable bonds is 16. The Kier molecular flexibility index (Phi) is 13.0. The molecule has 5 rings (SSSR count). The summed E-state index contributed by atoms with van der Waals surface area (Å²) in [5.41, 5.74) is 24.1. The first-order valence-electron chi connectivity index (χ1n) is 16.1. The maximum Gasteiger partial charge on any atom is 0.243 e. The Morgan fingerprint density at radius 2 is 1.78 bits per heavy atom. The van der Waals surface area contributed by atoms with Gasteiger partial charge in [0, 0.05) is 67.8 Å². The number of likely N-dealkylation sites (N-methyl/N-ethyl adjacent to an activating group) is 1. The van der Waals surface area contributed by atoms with Crippen LogP contribution in [0, 0.1) is 0 Å². The number of nitrogens with one attached hydrogen (secondary N) is 3. The maximum absolute atomic E-state index is 14.3. The number of carbonyl (C=O) groups is 2. The Balaban J connectivity index is 1.52. The lowest BCUT2D eigenvalue weighted by atomic mass is 9.98. The zero-order valence-corrected chi connectivity index (χ0v) is 29.3. The lowest BCUT2D eigenvalue weighted by Gasteiger charge is -2.31. The van der Waals surface area contributed by atoms with Crippen LogP contribution >= 0.6 is 23.4 Å². The Morgan fingerprint density at radius 1 is 1.00 bits per heavy atom. The highest BCUT2D eigenvalue weighted by Gasteiger charge is 2.32. The van der Waals surface area contributed by atoms with Gasteiger partial charge in [-0.25, -0.2) is 10.9 Å². The van der Waals surface area contributed by atoms with Crippen LogP contribution in [0.1, 0.15) is 22.3 Å². The highest BCUT2D eigenvalue weighted by Crippen LogP contribution is 2.41. The Hall–Kier alpha value is -4.31. The van der Waals surface area contributed by atoms with Crippen molar-refractivity contribution in [1.29, 1.82) is 0 Å². The van der Waals surface area contributed by atoms with Gasteiger partial charge in [-0.3, -0.25) is 19.7 Å². The zero-order chi connectivity index (χ0) is 35.6. The molecule has 262 valence electrons. The summed E-state index contributed by atoms with van der Waals surface area (Å²) < 4.78 is 0. The van der Waals surface area contributed by atoms with E-state index in [4.69, 9.17) is 34.7 Å². The molecule has 2 aromatic heterocycles. The van der Waals surface area contributed by atoms with Gasteiger partial charge in [0.25, 0.3) is 0 Å². The number of hydrogen-bond acceptors (Lipinski definition) is 10. The molecular weight excluding hydrogens is 674 g/mol. The van der Waals surface area contributed by atoms with E-state index in [0.29, 0.717) is 23.1 Å². The van der Waals surface area contributed by atoms with Crippen LogP contribution in [0.25, 0.3) is 22.0 Å². The molecule has 0 saturated heterocycles. The molecule has 11 N–H and O–H groups in total. The average molecular weight is 716 g/mol. The predicted octanol–water partition coefficient (Wildman–Crippen LogP) is 3.40. The van der Waals surface area contributed by atoms with Crippen molar-refractivity contribution >= 4 is 46.1 Å². The van der Waals surface area contributed by atoms with E-state index >= 15 is 0 Å². The van der Waals surface area contributed by atoms with E-state index < -0.39 is 12.1 Å². The lowest BCUT2D eigenvalue weighted by Crippen LogP contribution is -2.56. The van der Waals surface area contributed by atoms with Crippen molar-refractivity contribution in [3.8, 4) is 11.1 Å². The van der Waals surface area contributed by atoms with Gasteiger partial charge in [-0.15, -0.1) is 0 Å². The van der Waals surface area contributed by atoms with Crippen LogP contribution in [0.3, 0.4) is 0 Å². The fraction of sp³-hybridized carbons (Fsp3) is 0.250. The van der Waals surface area contributed by atoms with Crippen LogP contribution in [0.5, 0.6) is 0 Å². The van der Waals surface area contributed by atoms with Crippen molar-refractivity contribution in [1.82, 2.24) is 25.5 Å². The highest BCUT2D eigenvalue weighted by atomic mass is 35.5. The number of aromatic nitrogens is 2. The molecule has 0 aliphatic rings. The SMILES string of the molecule is CN(C(=O)[C@H](CN)NCON)[C@@H](Cc1c[nH]c2ccccc12)C(=O)NCc1c(-c2ccc(CN)cc2)ccc(Cl)c1Sc1ncccc1CN. The van der Waals surface area contributed by atoms with Gasteiger partial charge < -0.3 is 32.4 Å². The van der Waals surface area contributed by atoms with Gasteiger partial charge in [-0.2, -0.15) is 0 Å². The first kappa shape index (κ1) is 37.0. The molecule has 3 aromatic carbocycles. The first-order valence-corrected chi connectivity index (χ1v) is 17.3. The largest absolute Gasteiger partial charge is 0.361 e. The molecule has 0 spiro atoms. The van der Waals surface area contributed by atoms with Gasteiger partial charge in [0.2, 0.25) is 11.8 Å². The van der Waals surface area contributed by atoms with Crippen LogP contribution < -0.4 is 33.7 Å². The number of benzene rings is 3. The van der Waals surface area contributed by atoms with Crippen LogP contribution in [0.4, 0.5) is 0 Å². The molecule has 50 heavy (non-hydrogen) atoms. The minimum Gasteiger partial charge on any atom is -0.361 e. The predicted molar refractivity (Wildman–Crippen MR) is 198 cm³/mol. The molecule has 2 atom stereocenters. The number of nitrogens with zero attached hydrogens (tertiary/aromatic N) is 2. The van der Waals surface area contributed by atoms with E-state index in [0.717, 1.165) is 49.2 Å². The third kappa shape index (κ3) is 8.52. The number of para-hydroxylation sites is 1. The molecule has 14 heteroatoms. The second-order valence-corrected chi connectivity index (χ2v) is 13.0. The molecule has 0 saturated carbocycles. The van der Waals surface area contributed by atoms with Gasteiger partial charge >= 0.3 is 0 Å². The normalized spacial score (nSPS) is 12.5. The Bertz CT molecular complexity index is 1920. The van der Waals surface area contributed by atoms with Crippen molar-refractivity contribution in [2.75, 3.05) is 20.3 Å². The van der Waals surface area contributed by atoms with Crippen LogP contribution in [0.15, 0.2) is 95.1 Å². The minimum absolute atomic E-state index is 0.0261. The lowest BCUT2D eigenvalue weighted by molar-refractivity contribution is -0.140. The molecule has 5 aromatic rings. The average Bonchev–Trinajstić information content (AvgIpc) is 3.56. The minimum atomic E-state index is -0.904. The van der Waals surface area contributed by atoms with Crippen molar-refractivity contribution in [2.24, 2.45) is 23.1 Å². The summed E-state index contributed by atoms with van der Waals surface area (Å²) in [6, 6.07) is 21.5.